The highest BCUT2D eigenvalue weighted by Gasteiger charge is 2.21. The summed E-state index contributed by atoms with van der Waals surface area (Å²) in [6.45, 7) is 6.42. The van der Waals surface area contributed by atoms with Gasteiger partial charge in [-0.15, -0.1) is 0 Å². The van der Waals surface area contributed by atoms with Crippen LogP contribution < -0.4 is 5.32 Å². The molecule has 1 heterocycles. The predicted molar refractivity (Wildman–Crippen MR) is 152 cm³/mol. The Labute approximate surface area is 229 Å². The molecule has 3 aromatic carbocycles. The highest BCUT2D eigenvalue weighted by atomic mass is 35.5. The van der Waals surface area contributed by atoms with Crippen LogP contribution in [0.15, 0.2) is 83.8 Å². The maximum Gasteiger partial charge on any atom is 0.257 e. The number of ether oxygens (including phenoxy) is 1. The number of sulfone groups is 1. The average molecular weight is 551 g/mol. The fraction of sp³-hybridized carbons (Fsp3) is 0.233. The van der Waals surface area contributed by atoms with Crippen molar-refractivity contribution in [3.8, 4) is 5.69 Å². The van der Waals surface area contributed by atoms with Crippen molar-refractivity contribution in [1.82, 2.24) is 4.57 Å². The summed E-state index contributed by atoms with van der Waals surface area (Å²) in [7, 11) is -3.32. The Hall–Kier alpha value is -3.39. The van der Waals surface area contributed by atoms with Crippen molar-refractivity contribution in [3.63, 3.8) is 0 Å². The van der Waals surface area contributed by atoms with Crippen LogP contribution in [0.1, 0.15) is 39.8 Å². The second-order valence-electron chi connectivity index (χ2n) is 9.46. The van der Waals surface area contributed by atoms with Gasteiger partial charge in [0.2, 0.25) is 0 Å². The summed E-state index contributed by atoms with van der Waals surface area (Å²) >= 11 is 6.22. The molecule has 0 aliphatic rings. The summed E-state index contributed by atoms with van der Waals surface area (Å²) < 4.78 is 31.7. The van der Waals surface area contributed by atoms with Crippen molar-refractivity contribution in [2.24, 2.45) is 0 Å². The minimum absolute atomic E-state index is 0.102. The van der Waals surface area contributed by atoms with Gasteiger partial charge in [0.1, 0.15) is 0 Å². The van der Waals surface area contributed by atoms with E-state index in [4.69, 9.17) is 16.3 Å². The molecule has 0 spiro atoms. The number of aryl methyl sites for hydroxylation is 1. The zero-order valence-electron chi connectivity index (χ0n) is 21.9. The molecule has 198 valence electrons. The van der Waals surface area contributed by atoms with Gasteiger partial charge in [-0.25, -0.2) is 8.42 Å². The molecule has 4 aromatic rings. The van der Waals surface area contributed by atoms with Gasteiger partial charge in [-0.3, -0.25) is 4.79 Å². The lowest BCUT2D eigenvalue weighted by Crippen LogP contribution is -2.15. The standard InChI is InChI=1S/C30H31ClN2O4S/c1-20-16-24(31)10-15-29(20)33-22(3)28(30(34)32-25-11-13-27(14-12-25)38(4,35)36)18-26(33)17-21(2)37-19-23-8-6-5-7-9-23/h5-16,18,21H,17,19H2,1-4H3,(H,32,34)/t21-/m0/s1. The van der Waals surface area contributed by atoms with Gasteiger partial charge in [0.05, 0.1) is 23.2 Å². The van der Waals surface area contributed by atoms with E-state index in [0.29, 0.717) is 29.3 Å². The second kappa shape index (κ2) is 11.6. The van der Waals surface area contributed by atoms with E-state index in [1.165, 1.54) is 12.1 Å². The van der Waals surface area contributed by atoms with E-state index in [9.17, 15) is 13.2 Å². The molecule has 0 aliphatic carbocycles. The molecule has 0 aliphatic heterocycles. The molecule has 0 saturated heterocycles. The minimum atomic E-state index is -3.32. The zero-order valence-corrected chi connectivity index (χ0v) is 23.4. The maximum atomic E-state index is 13.4. The minimum Gasteiger partial charge on any atom is -0.373 e. The van der Waals surface area contributed by atoms with Crippen molar-refractivity contribution in [2.45, 2.75) is 44.8 Å². The van der Waals surface area contributed by atoms with Crippen molar-refractivity contribution in [2.75, 3.05) is 11.6 Å². The smallest absolute Gasteiger partial charge is 0.257 e. The van der Waals surface area contributed by atoms with E-state index >= 15 is 0 Å². The Morgan fingerprint density at radius 1 is 1.00 bits per heavy atom. The van der Waals surface area contributed by atoms with Crippen LogP contribution in [-0.2, 0) is 27.6 Å². The largest absolute Gasteiger partial charge is 0.373 e. The normalized spacial score (nSPS) is 12.3. The Balaban J connectivity index is 1.63. The summed E-state index contributed by atoms with van der Waals surface area (Å²) in [5.74, 6) is -0.279. The lowest BCUT2D eigenvalue weighted by molar-refractivity contribution is 0.0527. The SMILES string of the molecule is Cc1cc(Cl)ccc1-n1c(C[C@H](C)OCc2ccccc2)cc(C(=O)Nc2ccc(S(C)(=O)=O)cc2)c1C. The number of rotatable bonds is 9. The van der Waals surface area contributed by atoms with E-state index in [-0.39, 0.29) is 16.9 Å². The number of anilines is 1. The van der Waals surface area contributed by atoms with Gasteiger partial charge in [0.15, 0.2) is 9.84 Å². The number of nitrogens with zero attached hydrogens (tertiary/aromatic N) is 1. The van der Waals surface area contributed by atoms with E-state index in [0.717, 1.165) is 34.5 Å². The van der Waals surface area contributed by atoms with Gasteiger partial charge < -0.3 is 14.6 Å². The monoisotopic (exact) mass is 550 g/mol. The molecule has 8 heteroatoms. The first kappa shape index (κ1) is 27.6. The second-order valence-corrected chi connectivity index (χ2v) is 11.9. The Bertz CT molecular complexity index is 1550. The third kappa shape index (κ3) is 6.54. The molecule has 0 radical (unpaired) electrons. The summed E-state index contributed by atoms with van der Waals surface area (Å²) in [5.41, 5.74) is 5.78. The number of hydrogen-bond acceptors (Lipinski definition) is 4. The molecule has 1 atom stereocenters. The first-order valence-electron chi connectivity index (χ1n) is 12.3. The maximum absolute atomic E-state index is 13.4. The van der Waals surface area contributed by atoms with E-state index < -0.39 is 9.84 Å². The number of halogens is 1. The summed E-state index contributed by atoms with van der Waals surface area (Å²) in [5, 5.41) is 3.54. The number of carbonyl (C=O) groups is 1. The third-order valence-electron chi connectivity index (χ3n) is 6.38. The van der Waals surface area contributed by atoms with Gasteiger partial charge >= 0.3 is 0 Å². The van der Waals surface area contributed by atoms with Crippen molar-refractivity contribution in [3.05, 3.63) is 112 Å². The van der Waals surface area contributed by atoms with Gasteiger partial charge in [-0.05, 0) is 80.4 Å². The Morgan fingerprint density at radius 2 is 1.68 bits per heavy atom. The molecular formula is C30H31ClN2O4S. The van der Waals surface area contributed by atoms with Crippen LogP contribution >= 0.6 is 11.6 Å². The molecule has 1 N–H and O–H groups in total. The predicted octanol–water partition coefficient (Wildman–Crippen LogP) is 6.55. The number of amides is 1. The number of hydrogen-bond donors (Lipinski definition) is 1. The summed E-state index contributed by atoms with van der Waals surface area (Å²) in [6.07, 6.45) is 1.64. The van der Waals surface area contributed by atoms with E-state index in [2.05, 4.69) is 9.88 Å². The molecule has 1 aromatic heterocycles. The van der Waals surface area contributed by atoms with Crippen molar-refractivity contribution >= 4 is 33.0 Å². The molecule has 0 saturated carbocycles. The Morgan fingerprint density at radius 3 is 2.32 bits per heavy atom. The first-order valence-corrected chi connectivity index (χ1v) is 14.5. The molecule has 6 nitrogen and oxygen atoms in total. The first-order chi connectivity index (χ1) is 18.0. The van der Waals surface area contributed by atoms with Gasteiger partial charge in [0.25, 0.3) is 5.91 Å². The van der Waals surface area contributed by atoms with Crippen molar-refractivity contribution < 1.29 is 17.9 Å². The lowest BCUT2D eigenvalue weighted by Gasteiger charge is -2.18. The zero-order chi connectivity index (χ0) is 27.4. The van der Waals surface area contributed by atoms with Crippen LogP contribution in [0.4, 0.5) is 5.69 Å². The number of benzene rings is 3. The quantitative estimate of drug-likeness (QED) is 0.256. The lowest BCUT2D eigenvalue weighted by atomic mass is 10.1. The Kier molecular flexibility index (Phi) is 8.41. The fourth-order valence-electron chi connectivity index (χ4n) is 4.41. The molecule has 0 bridgehead atoms. The summed E-state index contributed by atoms with van der Waals surface area (Å²) in [4.78, 5) is 13.6. The molecule has 38 heavy (non-hydrogen) atoms. The highest BCUT2D eigenvalue weighted by molar-refractivity contribution is 7.90. The third-order valence-corrected chi connectivity index (χ3v) is 7.75. The van der Waals surface area contributed by atoms with Crippen LogP contribution in [0.25, 0.3) is 5.69 Å². The fourth-order valence-corrected chi connectivity index (χ4v) is 5.26. The number of aromatic nitrogens is 1. The van der Waals surface area contributed by atoms with Crippen LogP contribution in [0.5, 0.6) is 0 Å². The average Bonchev–Trinajstić information content (AvgIpc) is 3.18. The molecule has 0 fully saturated rings. The van der Waals surface area contributed by atoms with Crippen LogP contribution in [-0.4, -0.2) is 31.3 Å². The van der Waals surface area contributed by atoms with Crippen LogP contribution in [0.2, 0.25) is 5.02 Å². The van der Waals surface area contributed by atoms with Gasteiger partial charge in [0, 0.05) is 40.5 Å². The van der Waals surface area contributed by atoms with Crippen LogP contribution in [0.3, 0.4) is 0 Å². The van der Waals surface area contributed by atoms with E-state index in [1.807, 2.05) is 75.4 Å². The van der Waals surface area contributed by atoms with Gasteiger partial charge in [-0.2, -0.15) is 0 Å². The van der Waals surface area contributed by atoms with E-state index in [1.54, 1.807) is 12.1 Å². The molecule has 1 amide bonds. The van der Waals surface area contributed by atoms with Crippen LogP contribution in [0, 0.1) is 13.8 Å². The van der Waals surface area contributed by atoms with Gasteiger partial charge in [-0.1, -0.05) is 41.9 Å². The highest BCUT2D eigenvalue weighted by Crippen LogP contribution is 2.28. The number of nitrogens with one attached hydrogen (secondary N) is 1. The number of carbonyl (C=O) groups excluding carboxylic acids is 1. The molecular weight excluding hydrogens is 520 g/mol. The van der Waals surface area contributed by atoms with Crippen molar-refractivity contribution in [1.29, 1.82) is 0 Å². The molecule has 0 unspecified atom stereocenters. The summed E-state index contributed by atoms with van der Waals surface area (Å²) in [6, 6.07) is 23.7. The molecule has 4 rings (SSSR count). The topological polar surface area (TPSA) is 77.4 Å².